The molecule has 0 spiro atoms. The van der Waals surface area contributed by atoms with Crippen molar-refractivity contribution in [1.29, 1.82) is 0 Å². The second-order valence-electron chi connectivity index (χ2n) is 4.93. The molecule has 1 aliphatic rings. The van der Waals surface area contributed by atoms with Crippen molar-refractivity contribution < 1.29 is 9.90 Å². The van der Waals surface area contributed by atoms with Crippen molar-refractivity contribution in [1.82, 2.24) is 9.55 Å². The van der Waals surface area contributed by atoms with Crippen LogP contribution in [0, 0.1) is 5.92 Å². The fourth-order valence-corrected chi connectivity index (χ4v) is 3.80. The minimum atomic E-state index is -0.897. The third kappa shape index (κ3) is 2.60. The molecule has 0 aromatic carbocycles. The van der Waals surface area contributed by atoms with Crippen molar-refractivity contribution in [2.45, 2.75) is 31.0 Å². The summed E-state index contributed by atoms with van der Waals surface area (Å²) in [6.45, 7) is 0.652. The molecule has 0 aliphatic heterocycles. The zero-order valence-corrected chi connectivity index (χ0v) is 12.4. The number of aromatic nitrogens is 2. The van der Waals surface area contributed by atoms with Crippen molar-refractivity contribution in [2.24, 2.45) is 5.92 Å². The number of rotatable bonds is 5. The molecule has 0 unspecified atom stereocenters. The number of aliphatic carboxylic acids is 1. The van der Waals surface area contributed by atoms with Gasteiger partial charge in [-0.15, -0.1) is 11.3 Å². The SMILES string of the molecule is O=C(O)CSc1nc2sccc2c(=O)n1CC1CCC1. The highest BCUT2D eigenvalue weighted by atomic mass is 32.2. The third-order valence-electron chi connectivity index (χ3n) is 3.54. The van der Waals surface area contributed by atoms with E-state index in [0.29, 0.717) is 27.8 Å². The smallest absolute Gasteiger partial charge is 0.313 e. The van der Waals surface area contributed by atoms with Gasteiger partial charge in [-0.25, -0.2) is 4.98 Å². The van der Waals surface area contributed by atoms with Crippen molar-refractivity contribution in [2.75, 3.05) is 5.75 Å². The van der Waals surface area contributed by atoms with E-state index in [4.69, 9.17) is 5.11 Å². The molecule has 1 fully saturated rings. The Morgan fingerprint density at radius 1 is 1.55 bits per heavy atom. The van der Waals surface area contributed by atoms with Crippen molar-refractivity contribution in [3.63, 3.8) is 0 Å². The van der Waals surface area contributed by atoms with E-state index in [-0.39, 0.29) is 11.3 Å². The lowest BCUT2D eigenvalue weighted by molar-refractivity contribution is -0.133. The van der Waals surface area contributed by atoms with Gasteiger partial charge in [0.2, 0.25) is 0 Å². The van der Waals surface area contributed by atoms with Gasteiger partial charge in [-0.2, -0.15) is 0 Å². The molecule has 0 bridgehead atoms. The van der Waals surface area contributed by atoms with E-state index in [1.54, 1.807) is 10.6 Å². The Balaban J connectivity index is 2.01. The maximum absolute atomic E-state index is 12.5. The van der Waals surface area contributed by atoms with Crippen LogP contribution in [0.25, 0.3) is 10.2 Å². The van der Waals surface area contributed by atoms with E-state index < -0.39 is 5.97 Å². The average Bonchev–Trinajstić information content (AvgIpc) is 2.81. The predicted molar refractivity (Wildman–Crippen MR) is 79.6 cm³/mol. The monoisotopic (exact) mass is 310 g/mol. The Morgan fingerprint density at radius 3 is 3.00 bits per heavy atom. The first-order valence-electron chi connectivity index (χ1n) is 6.48. The molecule has 5 nitrogen and oxygen atoms in total. The van der Waals surface area contributed by atoms with E-state index in [9.17, 15) is 9.59 Å². The molecule has 20 heavy (non-hydrogen) atoms. The van der Waals surface area contributed by atoms with Gasteiger partial charge < -0.3 is 5.11 Å². The number of thiophene rings is 1. The lowest BCUT2D eigenvalue weighted by Crippen LogP contribution is -2.29. The number of fused-ring (bicyclic) bond motifs is 1. The molecular formula is C13H14N2O3S2. The first kappa shape index (κ1) is 13.6. The van der Waals surface area contributed by atoms with E-state index >= 15 is 0 Å². The molecule has 1 N–H and O–H groups in total. The Morgan fingerprint density at radius 2 is 2.35 bits per heavy atom. The largest absolute Gasteiger partial charge is 0.481 e. The van der Waals surface area contributed by atoms with Crippen LogP contribution in [-0.4, -0.2) is 26.4 Å². The molecule has 1 saturated carbocycles. The van der Waals surface area contributed by atoms with Crippen LogP contribution >= 0.6 is 23.1 Å². The lowest BCUT2D eigenvalue weighted by atomic mass is 9.85. The molecule has 106 valence electrons. The summed E-state index contributed by atoms with van der Waals surface area (Å²) in [4.78, 5) is 28.4. The minimum Gasteiger partial charge on any atom is -0.481 e. The maximum atomic E-state index is 12.5. The zero-order chi connectivity index (χ0) is 14.1. The van der Waals surface area contributed by atoms with Crippen LogP contribution in [0.1, 0.15) is 19.3 Å². The van der Waals surface area contributed by atoms with Gasteiger partial charge in [0.1, 0.15) is 4.83 Å². The number of thioether (sulfide) groups is 1. The molecule has 0 amide bonds. The molecule has 0 saturated heterocycles. The van der Waals surface area contributed by atoms with Gasteiger partial charge in [0, 0.05) is 6.54 Å². The van der Waals surface area contributed by atoms with Gasteiger partial charge in [0.15, 0.2) is 5.16 Å². The fraction of sp³-hybridized carbons (Fsp3) is 0.462. The molecule has 1 aliphatic carbocycles. The van der Waals surface area contributed by atoms with Gasteiger partial charge in [0.25, 0.3) is 5.56 Å². The highest BCUT2D eigenvalue weighted by Crippen LogP contribution is 2.29. The number of carbonyl (C=O) groups is 1. The third-order valence-corrected chi connectivity index (χ3v) is 5.31. The van der Waals surface area contributed by atoms with Crippen LogP contribution in [0.4, 0.5) is 0 Å². The molecule has 2 aromatic heterocycles. The summed E-state index contributed by atoms with van der Waals surface area (Å²) in [6.07, 6.45) is 3.49. The molecular weight excluding hydrogens is 296 g/mol. The number of nitrogens with zero attached hydrogens (tertiary/aromatic N) is 2. The Labute approximate surface area is 123 Å². The van der Waals surface area contributed by atoms with Crippen LogP contribution < -0.4 is 5.56 Å². The minimum absolute atomic E-state index is 0.0453. The molecule has 2 aromatic rings. The quantitative estimate of drug-likeness (QED) is 0.678. The van der Waals surface area contributed by atoms with E-state index in [1.165, 1.54) is 17.8 Å². The maximum Gasteiger partial charge on any atom is 0.313 e. The second-order valence-corrected chi connectivity index (χ2v) is 6.77. The van der Waals surface area contributed by atoms with Crippen LogP contribution in [0.15, 0.2) is 21.4 Å². The van der Waals surface area contributed by atoms with Gasteiger partial charge in [-0.1, -0.05) is 18.2 Å². The van der Waals surface area contributed by atoms with Gasteiger partial charge in [0.05, 0.1) is 11.1 Å². The number of hydrogen-bond donors (Lipinski definition) is 1. The topological polar surface area (TPSA) is 72.2 Å². The number of carboxylic acid groups (broad SMARTS) is 1. The van der Waals surface area contributed by atoms with Crippen molar-refractivity contribution >= 4 is 39.3 Å². The summed E-state index contributed by atoms with van der Waals surface area (Å²) < 4.78 is 1.66. The van der Waals surface area contributed by atoms with Crippen LogP contribution in [-0.2, 0) is 11.3 Å². The second kappa shape index (κ2) is 5.57. The average molecular weight is 310 g/mol. The van der Waals surface area contributed by atoms with E-state index in [0.717, 1.165) is 24.6 Å². The summed E-state index contributed by atoms with van der Waals surface area (Å²) in [5.41, 5.74) is -0.0453. The summed E-state index contributed by atoms with van der Waals surface area (Å²) in [7, 11) is 0. The molecule has 2 heterocycles. The Hall–Kier alpha value is -1.34. The summed E-state index contributed by atoms with van der Waals surface area (Å²) in [6, 6.07) is 1.79. The standard InChI is InChI=1S/C13H14N2O3S2/c16-10(17)7-20-13-14-11-9(4-5-19-11)12(18)15(13)6-8-2-1-3-8/h4-5,8H,1-3,6-7H2,(H,16,17). The van der Waals surface area contributed by atoms with E-state index in [1.807, 2.05) is 5.38 Å². The van der Waals surface area contributed by atoms with Gasteiger partial charge in [-0.05, 0) is 30.2 Å². The lowest BCUT2D eigenvalue weighted by Gasteiger charge is -2.26. The van der Waals surface area contributed by atoms with Crippen LogP contribution in [0.2, 0.25) is 0 Å². The summed E-state index contributed by atoms with van der Waals surface area (Å²) >= 11 is 2.54. The Kier molecular flexibility index (Phi) is 3.80. The van der Waals surface area contributed by atoms with Gasteiger partial charge in [-0.3, -0.25) is 14.2 Å². The van der Waals surface area contributed by atoms with Crippen molar-refractivity contribution in [3.8, 4) is 0 Å². The normalized spacial score (nSPS) is 15.4. The van der Waals surface area contributed by atoms with Gasteiger partial charge >= 0.3 is 5.97 Å². The molecule has 0 radical (unpaired) electrons. The first-order chi connectivity index (χ1) is 9.65. The zero-order valence-electron chi connectivity index (χ0n) is 10.7. The highest BCUT2D eigenvalue weighted by molar-refractivity contribution is 7.99. The van der Waals surface area contributed by atoms with Crippen LogP contribution in [0.3, 0.4) is 0 Å². The summed E-state index contributed by atoms with van der Waals surface area (Å²) in [5, 5.41) is 11.8. The highest BCUT2D eigenvalue weighted by Gasteiger charge is 2.21. The molecule has 0 atom stereocenters. The van der Waals surface area contributed by atoms with E-state index in [2.05, 4.69) is 4.98 Å². The fourth-order valence-electron chi connectivity index (χ4n) is 2.26. The van der Waals surface area contributed by atoms with Crippen LogP contribution in [0.5, 0.6) is 0 Å². The summed E-state index contributed by atoms with van der Waals surface area (Å²) in [5.74, 6) is -0.450. The molecule has 7 heteroatoms. The predicted octanol–water partition coefficient (Wildman–Crippen LogP) is 2.43. The molecule has 3 rings (SSSR count). The first-order valence-corrected chi connectivity index (χ1v) is 8.34. The van der Waals surface area contributed by atoms with Crippen molar-refractivity contribution in [3.05, 3.63) is 21.8 Å². The number of carboxylic acids is 1. The Bertz CT molecular complexity index is 703. The number of hydrogen-bond acceptors (Lipinski definition) is 5.